The number of primary amides is 1. The Bertz CT molecular complexity index is 422. The average molecular weight is 251 g/mol. The third-order valence-corrected chi connectivity index (χ3v) is 3.47. The molecule has 18 heavy (non-hydrogen) atoms. The SMILES string of the molecule is CN(C)CCCn1nnc(C(N)=O)c1C1CCC1. The summed E-state index contributed by atoms with van der Waals surface area (Å²) in [6.07, 6.45) is 4.43. The van der Waals surface area contributed by atoms with Gasteiger partial charge in [0.15, 0.2) is 5.69 Å². The summed E-state index contributed by atoms with van der Waals surface area (Å²) in [7, 11) is 4.09. The first kappa shape index (κ1) is 13.0. The van der Waals surface area contributed by atoms with Gasteiger partial charge in [-0.3, -0.25) is 4.79 Å². The fourth-order valence-electron chi connectivity index (χ4n) is 2.28. The highest BCUT2D eigenvalue weighted by Gasteiger charge is 2.29. The quantitative estimate of drug-likeness (QED) is 0.803. The zero-order valence-corrected chi connectivity index (χ0v) is 11.1. The zero-order valence-electron chi connectivity index (χ0n) is 11.1. The molecule has 0 unspecified atom stereocenters. The second-order valence-corrected chi connectivity index (χ2v) is 5.20. The molecular weight excluding hydrogens is 230 g/mol. The van der Waals surface area contributed by atoms with Gasteiger partial charge in [0, 0.05) is 12.5 Å². The van der Waals surface area contributed by atoms with Gasteiger partial charge in [-0.15, -0.1) is 5.10 Å². The largest absolute Gasteiger partial charge is 0.364 e. The lowest BCUT2D eigenvalue weighted by atomic mass is 9.82. The number of hydrogen-bond donors (Lipinski definition) is 1. The molecule has 0 aliphatic heterocycles. The number of carbonyl (C=O) groups excluding carboxylic acids is 1. The summed E-state index contributed by atoms with van der Waals surface area (Å²) in [6.45, 7) is 1.79. The number of hydrogen-bond acceptors (Lipinski definition) is 4. The van der Waals surface area contributed by atoms with Crippen LogP contribution < -0.4 is 5.73 Å². The van der Waals surface area contributed by atoms with E-state index < -0.39 is 5.91 Å². The molecule has 0 saturated heterocycles. The monoisotopic (exact) mass is 251 g/mol. The molecule has 1 aliphatic carbocycles. The summed E-state index contributed by atoms with van der Waals surface area (Å²) >= 11 is 0. The molecule has 6 nitrogen and oxygen atoms in total. The smallest absolute Gasteiger partial charge is 0.271 e. The maximum atomic E-state index is 11.4. The molecule has 1 saturated carbocycles. The number of amides is 1. The van der Waals surface area contributed by atoms with E-state index in [1.54, 1.807) is 0 Å². The van der Waals surface area contributed by atoms with E-state index in [9.17, 15) is 4.79 Å². The van der Waals surface area contributed by atoms with Crippen LogP contribution in [0.25, 0.3) is 0 Å². The van der Waals surface area contributed by atoms with Crippen molar-refractivity contribution in [1.82, 2.24) is 19.9 Å². The van der Waals surface area contributed by atoms with E-state index in [-0.39, 0.29) is 0 Å². The van der Waals surface area contributed by atoms with E-state index in [4.69, 9.17) is 5.73 Å². The van der Waals surface area contributed by atoms with Crippen molar-refractivity contribution in [3.05, 3.63) is 11.4 Å². The van der Waals surface area contributed by atoms with Crippen LogP contribution in [0.3, 0.4) is 0 Å². The van der Waals surface area contributed by atoms with Gasteiger partial charge >= 0.3 is 0 Å². The highest BCUT2D eigenvalue weighted by molar-refractivity contribution is 5.92. The minimum Gasteiger partial charge on any atom is -0.364 e. The summed E-state index contributed by atoms with van der Waals surface area (Å²) in [6, 6.07) is 0. The zero-order chi connectivity index (χ0) is 13.1. The van der Waals surface area contributed by atoms with Crippen LogP contribution in [-0.4, -0.2) is 46.4 Å². The van der Waals surface area contributed by atoms with Crippen LogP contribution >= 0.6 is 0 Å². The fraction of sp³-hybridized carbons (Fsp3) is 0.750. The highest BCUT2D eigenvalue weighted by atomic mass is 16.1. The van der Waals surface area contributed by atoms with E-state index in [0.29, 0.717) is 11.6 Å². The molecule has 1 fully saturated rings. The number of carbonyl (C=O) groups is 1. The van der Waals surface area contributed by atoms with Crippen LogP contribution in [0.15, 0.2) is 0 Å². The molecule has 0 radical (unpaired) electrons. The van der Waals surface area contributed by atoms with Crippen LogP contribution in [0.4, 0.5) is 0 Å². The van der Waals surface area contributed by atoms with Crippen molar-refractivity contribution in [2.75, 3.05) is 20.6 Å². The van der Waals surface area contributed by atoms with Crippen molar-refractivity contribution < 1.29 is 4.79 Å². The van der Waals surface area contributed by atoms with Gasteiger partial charge in [-0.05, 0) is 39.9 Å². The third kappa shape index (κ3) is 2.69. The standard InChI is InChI=1S/C12H21N5O/c1-16(2)7-4-8-17-11(9-5-3-6-9)10(12(13)18)14-15-17/h9H,3-8H2,1-2H3,(H2,13,18). The van der Waals surface area contributed by atoms with E-state index in [1.165, 1.54) is 6.42 Å². The molecule has 1 aliphatic rings. The normalized spacial score (nSPS) is 15.9. The number of nitrogens with two attached hydrogens (primary N) is 1. The fourth-order valence-corrected chi connectivity index (χ4v) is 2.28. The van der Waals surface area contributed by atoms with Crippen molar-refractivity contribution in [2.24, 2.45) is 5.73 Å². The first-order chi connectivity index (χ1) is 8.59. The lowest BCUT2D eigenvalue weighted by Gasteiger charge is -2.26. The molecule has 6 heteroatoms. The molecule has 0 spiro atoms. The summed E-state index contributed by atoms with van der Waals surface area (Å²) < 4.78 is 1.87. The van der Waals surface area contributed by atoms with Crippen molar-refractivity contribution in [3.8, 4) is 0 Å². The minimum atomic E-state index is -0.462. The van der Waals surface area contributed by atoms with Gasteiger partial charge < -0.3 is 10.6 Å². The molecule has 1 amide bonds. The third-order valence-electron chi connectivity index (χ3n) is 3.47. The maximum Gasteiger partial charge on any atom is 0.271 e. The number of nitrogens with zero attached hydrogens (tertiary/aromatic N) is 4. The van der Waals surface area contributed by atoms with Crippen molar-refractivity contribution >= 4 is 5.91 Å². The van der Waals surface area contributed by atoms with Crippen LogP contribution in [0.1, 0.15) is 47.8 Å². The Hall–Kier alpha value is -1.43. The molecule has 0 aromatic carbocycles. The summed E-state index contributed by atoms with van der Waals surface area (Å²) in [4.78, 5) is 13.5. The molecular formula is C12H21N5O. The summed E-state index contributed by atoms with van der Waals surface area (Å²) in [5, 5.41) is 8.03. The molecule has 1 aromatic rings. The van der Waals surface area contributed by atoms with Crippen LogP contribution in [0.2, 0.25) is 0 Å². The second kappa shape index (κ2) is 5.48. The lowest BCUT2D eigenvalue weighted by molar-refractivity contribution is 0.0993. The van der Waals surface area contributed by atoms with Gasteiger partial charge in [0.05, 0.1) is 5.69 Å². The Kier molecular flexibility index (Phi) is 3.96. The predicted octanol–water partition coefficient (Wildman–Crippen LogP) is 0.596. The van der Waals surface area contributed by atoms with Crippen LogP contribution in [0.5, 0.6) is 0 Å². The Balaban J connectivity index is 2.11. The van der Waals surface area contributed by atoms with Crippen LogP contribution in [-0.2, 0) is 6.54 Å². The van der Waals surface area contributed by atoms with Gasteiger partial charge in [0.2, 0.25) is 0 Å². The highest BCUT2D eigenvalue weighted by Crippen LogP contribution is 2.37. The summed E-state index contributed by atoms with van der Waals surface area (Å²) in [5.74, 6) is -0.0439. The predicted molar refractivity (Wildman–Crippen MR) is 68.3 cm³/mol. The van der Waals surface area contributed by atoms with E-state index in [0.717, 1.165) is 38.0 Å². The first-order valence-corrected chi connectivity index (χ1v) is 6.47. The van der Waals surface area contributed by atoms with Crippen molar-refractivity contribution in [1.29, 1.82) is 0 Å². The van der Waals surface area contributed by atoms with Gasteiger partial charge in [-0.25, -0.2) is 4.68 Å². The van der Waals surface area contributed by atoms with Gasteiger partial charge in [0.25, 0.3) is 5.91 Å². The van der Waals surface area contributed by atoms with Gasteiger partial charge in [-0.1, -0.05) is 11.6 Å². The maximum absolute atomic E-state index is 11.4. The first-order valence-electron chi connectivity index (χ1n) is 6.47. The minimum absolute atomic E-state index is 0.365. The molecule has 1 aromatic heterocycles. The Morgan fingerprint density at radius 1 is 1.50 bits per heavy atom. The second-order valence-electron chi connectivity index (χ2n) is 5.20. The molecule has 0 atom stereocenters. The van der Waals surface area contributed by atoms with E-state index in [2.05, 4.69) is 15.2 Å². The number of aryl methyl sites for hydroxylation is 1. The Morgan fingerprint density at radius 3 is 2.72 bits per heavy atom. The topological polar surface area (TPSA) is 77.0 Å². The summed E-state index contributed by atoms with van der Waals surface area (Å²) in [5.41, 5.74) is 6.68. The van der Waals surface area contributed by atoms with E-state index in [1.807, 2.05) is 18.8 Å². The Labute approximate surface area is 107 Å². The number of rotatable bonds is 6. The lowest BCUT2D eigenvalue weighted by Crippen LogP contribution is -2.22. The van der Waals surface area contributed by atoms with Gasteiger partial charge in [0.1, 0.15) is 0 Å². The van der Waals surface area contributed by atoms with Crippen LogP contribution in [0, 0.1) is 0 Å². The molecule has 0 bridgehead atoms. The molecule has 2 rings (SSSR count). The number of aromatic nitrogens is 3. The van der Waals surface area contributed by atoms with Gasteiger partial charge in [-0.2, -0.15) is 0 Å². The Morgan fingerprint density at radius 2 is 2.22 bits per heavy atom. The van der Waals surface area contributed by atoms with Crippen molar-refractivity contribution in [3.63, 3.8) is 0 Å². The van der Waals surface area contributed by atoms with E-state index >= 15 is 0 Å². The molecule has 2 N–H and O–H groups in total. The average Bonchev–Trinajstić information content (AvgIpc) is 2.59. The van der Waals surface area contributed by atoms with Crippen molar-refractivity contribution in [2.45, 2.75) is 38.1 Å². The molecule has 100 valence electrons. The molecule has 1 heterocycles.